The van der Waals surface area contributed by atoms with Crippen molar-refractivity contribution in [3.05, 3.63) is 59.1 Å². The lowest BCUT2D eigenvalue weighted by Gasteiger charge is -2.05. The summed E-state index contributed by atoms with van der Waals surface area (Å²) in [5.41, 5.74) is 1.57. The van der Waals surface area contributed by atoms with Crippen LogP contribution in [0.5, 0.6) is 5.75 Å². The number of methoxy groups -OCH3 is 1. The molecule has 1 aliphatic heterocycles. The predicted octanol–water partition coefficient (Wildman–Crippen LogP) is 2.94. The first-order chi connectivity index (χ1) is 12.0. The molecule has 6 heteroatoms. The van der Waals surface area contributed by atoms with Gasteiger partial charge in [-0.05, 0) is 36.8 Å². The number of benzene rings is 1. The van der Waals surface area contributed by atoms with Crippen molar-refractivity contribution in [1.82, 2.24) is 4.90 Å². The van der Waals surface area contributed by atoms with Crippen molar-refractivity contribution < 1.29 is 19.4 Å². The third-order valence-corrected chi connectivity index (χ3v) is 3.41. The summed E-state index contributed by atoms with van der Waals surface area (Å²) >= 11 is 0. The molecule has 0 aromatic heterocycles. The molecule has 0 fully saturated rings. The highest BCUT2D eigenvalue weighted by Gasteiger charge is 2.29. The number of esters is 1. The number of nitrogens with zero attached hydrogens (tertiary/aromatic N) is 2. The van der Waals surface area contributed by atoms with Crippen molar-refractivity contribution in [2.75, 3.05) is 27.8 Å². The van der Waals surface area contributed by atoms with Gasteiger partial charge in [-0.25, -0.2) is 9.79 Å². The molecule has 6 nitrogen and oxygen atoms in total. The molecule has 1 heterocycles. The summed E-state index contributed by atoms with van der Waals surface area (Å²) in [5.74, 6) is -0.0494. The molecule has 2 rings (SSSR count). The quantitative estimate of drug-likeness (QED) is 0.805. The van der Waals surface area contributed by atoms with Crippen LogP contribution in [0.1, 0.15) is 12.5 Å². The van der Waals surface area contributed by atoms with Crippen LogP contribution in [0, 0.1) is 0 Å². The summed E-state index contributed by atoms with van der Waals surface area (Å²) in [6, 6.07) is 7.30. The van der Waals surface area contributed by atoms with Gasteiger partial charge < -0.3 is 19.5 Å². The van der Waals surface area contributed by atoms with Crippen LogP contribution in [0.3, 0.4) is 0 Å². The fourth-order valence-corrected chi connectivity index (χ4v) is 2.19. The minimum Gasteiger partial charge on any atom is -0.505 e. The van der Waals surface area contributed by atoms with Crippen LogP contribution in [0.4, 0.5) is 0 Å². The van der Waals surface area contributed by atoms with E-state index in [1.54, 1.807) is 32.4 Å². The largest absolute Gasteiger partial charge is 0.505 e. The van der Waals surface area contributed by atoms with Crippen molar-refractivity contribution in [3.63, 3.8) is 0 Å². The van der Waals surface area contributed by atoms with Gasteiger partial charge in [-0.1, -0.05) is 12.1 Å². The van der Waals surface area contributed by atoms with E-state index in [4.69, 9.17) is 9.47 Å². The Morgan fingerprint density at radius 2 is 1.96 bits per heavy atom. The van der Waals surface area contributed by atoms with Crippen LogP contribution in [0.15, 0.2) is 58.6 Å². The van der Waals surface area contributed by atoms with Crippen molar-refractivity contribution in [1.29, 1.82) is 0 Å². The minimum absolute atomic E-state index is 0.0692. The number of aliphatic hydroxyl groups is 1. The van der Waals surface area contributed by atoms with E-state index in [0.29, 0.717) is 11.4 Å². The lowest BCUT2D eigenvalue weighted by atomic mass is 10.1. The molecule has 0 amide bonds. The first-order valence-electron chi connectivity index (χ1n) is 7.86. The first kappa shape index (κ1) is 18.3. The Kier molecular flexibility index (Phi) is 6.00. The Morgan fingerprint density at radius 1 is 1.28 bits per heavy atom. The number of allylic oxidation sites excluding steroid dienone is 1. The van der Waals surface area contributed by atoms with Crippen molar-refractivity contribution in [3.8, 4) is 5.75 Å². The summed E-state index contributed by atoms with van der Waals surface area (Å²) in [6.07, 6.45) is 5.11. The molecule has 1 aliphatic rings. The molecule has 0 atom stereocenters. The maximum atomic E-state index is 12.2. The highest BCUT2D eigenvalue weighted by atomic mass is 16.5. The van der Waals surface area contributed by atoms with Crippen LogP contribution in [-0.2, 0) is 9.53 Å². The fourth-order valence-electron chi connectivity index (χ4n) is 2.19. The van der Waals surface area contributed by atoms with Crippen molar-refractivity contribution >= 4 is 17.8 Å². The molecular weight excluding hydrogens is 320 g/mol. The first-order valence-corrected chi connectivity index (χ1v) is 7.86. The molecule has 0 spiro atoms. The molecule has 0 aliphatic carbocycles. The summed E-state index contributed by atoms with van der Waals surface area (Å²) in [4.78, 5) is 18.4. The number of ether oxygens (including phenoxy) is 2. The van der Waals surface area contributed by atoms with E-state index in [0.717, 1.165) is 11.3 Å². The highest BCUT2D eigenvalue weighted by molar-refractivity contribution is 6.27. The number of carbonyl (C=O) groups excluding carboxylic acids is 1. The van der Waals surface area contributed by atoms with Crippen LogP contribution < -0.4 is 4.74 Å². The third-order valence-electron chi connectivity index (χ3n) is 3.41. The Hall–Kier alpha value is -3.02. The van der Waals surface area contributed by atoms with Gasteiger partial charge in [0.2, 0.25) is 0 Å². The number of hydrogen-bond acceptors (Lipinski definition) is 6. The number of aliphatic imine (C=N–C) groups is 1. The minimum atomic E-state index is -0.597. The van der Waals surface area contributed by atoms with Crippen LogP contribution in [-0.4, -0.2) is 49.5 Å². The van der Waals surface area contributed by atoms with Gasteiger partial charge >= 0.3 is 5.97 Å². The van der Waals surface area contributed by atoms with Crippen LogP contribution in [0.25, 0.3) is 6.08 Å². The summed E-state index contributed by atoms with van der Waals surface area (Å²) in [6.45, 7) is 1.93. The zero-order chi connectivity index (χ0) is 18.4. The Labute approximate surface area is 147 Å². The molecule has 0 radical (unpaired) electrons. The second kappa shape index (κ2) is 8.19. The lowest BCUT2D eigenvalue weighted by molar-refractivity contribution is -0.138. The maximum absolute atomic E-state index is 12.2. The van der Waals surface area contributed by atoms with Crippen LogP contribution in [0.2, 0.25) is 0 Å². The predicted molar refractivity (Wildman–Crippen MR) is 97.5 cm³/mol. The van der Waals surface area contributed by atoms with Gasteiger partial charge in [-0.3, -0.25) is 0 Å². The van der Waals surface area contributed by atoms with E-state index < -0.39 is 5.97 Å². The third kappa shape index (κ3) is 4.50. The van der Waals surface area contributed by atoms with Gasteiger partial charge in [0, 0.05) is 20.3 Å². The molecule has 1 aromatic carbocycles. The van der Waals surface area contributed by atoms with E-state index in [1.165, 1.54) is 0 Å². The van der Waals surface area contributed by atoms with Gasteiger partial charge in [0.05, 0.1) is 19.4 Å². The Morgan fingerprint density at radius 3 is 2.52 bits per heavy atom. The van der Waals surface area contributed by atoms with E-state index in [2.05, 4.69) is 4.99 Å². The molecule has 1 N–H and O–H groups in total. The van der Waals surface area contributed by atoms with Gasteiger partial charge in [-0.2, -0.15) is 0 Å². The summed E-state index contributed by atoms with van der Waals surface area (Å²) in [7, 11) is 5.31. The van der Waals surface area contributed by atoms with E-state index in [1.807, 2.05) is 43.3 Å². The molecule has 0 unspecified atom stereocenters. The molecule has 1 aromatic rings. The standard InChI is InChI=1S/C19H22N2O4/c1-5-25-19(23)17-15(10-11-21(2)3)20-16(18(17)22)12-13-6-8-14(24-4)9-7-13/h6-12,22H,5H2,1-4H3/b11-10+,16-12+. The molecule has 0 saturated carbocycles. The van der Waals surface area contributed by atoms with Crippen molar-refractivity contribution in [2.45, 2.75) is 6.92 Å². The second-order valence-corrected chi connectivity index (χ2v) is 5.52. The fraction of sp³-hybridized carbons (Fsp3) is 0.263. The molecular formula is C19H22N2O4. The van der Waals surface area contributed by atoms with Gasteiger partial charge in [0.1, 0.15) is 17.0 Å². The number of hydrogen-bond donors (Lipinski definition) is 1. The molecule has 0 saturated heterocycles. The van der Waals surface area contributed by atoms with Crippen LogP contribution >= 0.6 is 0 Å². The maximum Gasteiger partial charge on any atom is 0.344 e. The Bertz CT molecular complexity index is 756. The zero-order valence-corrected chi connectivity index (χ0v) is 14.8. The normalized spacial score (nSPS) is 15.7. The molecule has 132 valence electrons. The van der Waals surface area contributed by atoms with Gasteiger partial charge in [0.15, 0.2) is 5.76 Å². The highest BCUT2D eigenvalue weighted by Crippen LogP contribution is 2.27. The monoisotopic (exact) mass is 342 g/mol. The zero-order valence-electron chi connectivity index (χ0n) is 14.8. The van der Waals surface area contributed by atoms with E-state index >= 15 is 0 Å². The number of rotatable bonds is 6. The number of carbonyl (C=O) groups is 1. The second-order valence-electron chi connectivity index (χ2n) is 5.52. The summed E-state index contributed by atoms with van der Waals surface area (Å²) in [5, 5.41) is 10.5. The smallest absolute Gasteiger partial charge is 0.344 e. The van der Waals surface area contributed by atoms with E-state index in [9.17, 15) is 9.90 Å². The topological polar surface area (TPSA) is 71.4 Å². The lowest BCUT2D eigenvalue weighted by Crippen LogP contribution is -2.15. The van der Waals surface area contributed by atoms with Gasteiger partial charge in [0.25, 0.3) is 0 Å². The summed E-state index contributed by atoms with van der Waals surface area (Å²) < 4.78 is 10.2. The average Bonchev–Trinajstić information content (AvgIpc) is 2.89. The van der Waals surface area contributed by atoms with Gasteiger partial charge in [-0.15, -0.1) is 0 Å². The van der Waals surface area contributed by atoms with Crippen molar-refractivity contribution in [2.24, 2.45) is 4.99 Å². The van der Waals surface area contributed by atoms with E-state index in [-0.39, 0.29) is 17.9 Å². The Balaban J connectivity index is 2.42. The average molecular weight is 342 g/mol. The molecule has 25 heavy (non-hydrogen) atoms. The number of aliphatic hydroxyl groups excluding tert-OH is 1. The SMILES string of the molecule is CCOC(=O)C1=C(O)/C(=C\c2ccc(OC)cc2)N=C1/C=C/N(C)C. The molecule has 0 bridgehead atoms.